The molecule has 4 nitrogen and oxygen atoms in total. The van der Waals surface area contributed by atoms with E-state index in [1.165, 1.54) is 5.56 Å². The van der Waals surface area contributed by atoms with Crippen molar-refractivity contribution in [2.24, 2.45) is 7.05 Å². The predicted molar refractivity (Wildman–Crippen MR) is 113 cm³/mol. The molecule has 0 amide bonds. The second kappa shape index (κ2) is 7.84. The van der Waals surface area contributed by atoms with Crippen LogP contribution in [0.15, 0.2) is 59.1 Å². The number of thiazole rings is 1. The summed E-state index contributed by atoms with van der Waals surface area (Å²) in [6.45, 7) is 2.08. The summed E-state index contributed by atoms with van der Waals surface area (Å²) in [6, 6.07) is 16.1. The van der Waals surface area contributed by atoms with Crippen molar-refractivity contribution in [3.05, 3.63) is 70.2 Å². The monoisotopic (exact) mass is 412 g/mol. The van der Waals surface area contributed by atoms with Crippen LogP contribution in [0.1, 0.15) is 11.3 Å². The number of hydrogen-bond donors (Lipinski definition) is 0. The fourth-order valence-electron chi connectivity index (χ4n) is 2.66. The molecule has 0 aliphatic carbocycles. The van der Waals surface area contributed by atoms with Crippen LogP contribution in [0, 0.1) is 6.92 Å². The van der Waals surface area contributed by atoms with Crippen molar-refractivity contribution in [2.75, 3.05) is 0 Å². The van der Waals surface area contributed by atoms with E-state index in [-0.39, 0.29) is 0 Å². The topological polar surface area (TPSA) is 43.6 Å². The number of hydrogen-bond acceptors (Lipinski definition) is 5. The molecular weight excluding hydrogens is 396 g/mol. The highest BCUT2D eigenvalue weighted by Gasteiger charge is 2.13. The molecule has 0 saturated carbocycles. The molecule has 4 aromatic rings. The molecule has 0 spiro atoms. The largest absolute Gasteiger partial charge is 0.305 e. The van der Waals surface area contributed by atoms with Crippen molar-refractivity contribution in [1.82, 2.24) is 19.7 Å². The summed E-state index contributed by atoms with van der Waals surface area (Å²) in [5.41, 5.74) is 4.28. The van der Waals surface area contributed by atoms with Crippen molar-refractivity contribution in [1.29, 1.82) is 0 Å². The van der Waals surface area contributed by atoms with Gasteiger partial charge in [0, 0.05) is 29.3 Å². The van der Waals surface area contributed by atoms with Gasteiger partial charge in [-0.05, 0) is 13.0 Å². The van der Waals surface area contributed by atoms with Crippen molar-refractivity contribution >= 4 is 34.7 Å². The molecule has 27 heavy (non-hydrogen) atoms. The van der Waals surface area contributed by atoms with Crippen LogP contribution in [0.3, 0.4) is 0 Å². The molecule has 4 rings (SSSR count). The fraction of sp³-hybridized carbons (Fsp3) is 0.150. The third-order valence-corrected chi connectivity index (χ3v) is 6.46. The Labute approximate surface area is 171 Å². The molecule has 7 heteroatoms. The van der Waals surface area contributed by atoms with E-state index < -0.39 is 0 Å². The van der Waals surface area contributed by atoms with E-state index in [4.69, 9.17) is 16.6 Å². The van der Waals surface area contributed by atoms with Crippen LogP contribution < -0.4 is 0 Å². The van der Waals surface area contributed by atoms with Gasteiger partial charge in [0.05, 0.1) is 10.7 Å². The van der Waals surface area contributed by atoms with E-state index in [1.54, 1.807) is 23.1 Å². The van der Waals surface area contributed by atoms with E-state index >= 15 is 0 Å². The number of rotatable bonds is 5. The Morgan fingerprint density at radius 3 is 2.63 bits per heavy atom. The maximum atomic E-state index is 6.27. The first-order valence-corrected chi connectivity index (χ1v) is 10.6. The highest BCUT2D eigenvalue weighted by molar-refractivity contribution is 7.98. The Kier molecular flexibility index (Phi) is 5.29. The Balaban J connectivity index is 1.48. The molecule has 0 unspecified atom stereocenters. The minimum atomic E-state index is 0.724. The van der Waals surface area contributed by atoms with Gasteiger partial charge in [-0.15, -0.1) is 21.5 Å². The van der Waals surface area contributed by atoms with Crippen molar-refractivity contribution in [3.63, 3.8) is 0 Å². The quantitative estimate of drug-likeness (QED) is 0.385. The fourth-order valence-corrected chi connectivity index (χ4v) is 4.71. The zero-order chi connectivity index (χ0) is 18.8. The SMILES string of the molecule is Cc1ccc(-c2nnc(SCc3csc(-c4ccccc4Cl)n3)n2C)cc1. The van der Waals surface area contributed by atoms with E-state index in [2.05, 4.69) is 46.8 Å². The van der Waals surface area contributed by atoms with E-state index in [1.807, 2.05) is 35.9 Å². The number of thioether (sulfide) groups is 1. The van der Waals surface area contributed by atoms with Gasteiger partial charge in [0.2, 0.25) is 0 Å². The molecule has 0 bridgehead atoms. The third kappa shape index (κ3) is 3.93. The van der Waals surface area contributed by atoms with Gasteiger partial charge in [0.1, 0.15) is 5.01 Å². The van der Waals surface area contributed by atoms with Gasteiger partial charge in [0.25, 0.3) is 0 Å². The highest BCUT2D eigenvalue weighted by atomic mass is 35.5. The average Bonchev–Trinajstić information content (AvgIpc) is 3.28. The molecule has 136 valence electrons. The van der Waals surface area contributed by atoms with Gasteiger partial charge in [-0.1, -0.05) is 71.4 Å². The maximum Gasteiger partial charge on any atom is 0.191 e. The first-order valence-electron chi connectivity index (χ1n) is 8.40. The molecule has 0 N–H and O–H groups in total. The number of nitrogens with zero attached hydrogens (tertiary/aromatic N) is 4. The summed E-state index contributed by atoms with van der Waals surface area (Å²) in [6.07, 6.45) is 0. The summed E-state index contributed by atoms with van der Waals surface area (Å²) in [5, 5.41) is 13.3. The van der Waals surface area contributed by atoms with Crippen LogP contribution in [0.2, 0.25) is 5.02 Å². The van der Waals surface area contributed by atoms with Crippen molar-refractivity contribution < 1.29 is 0 Å². The van der Waals surface area contributed by atoms with Crippen LogP contribution in [0.4, 0.5) is 0 Å². The molecule has 2 heterocycles. The zero-order valence-electron chi connectivity index (χ0n) is 14.9. The average molecular weight is 413 g/mol. The first kappa shape index (κ1) is 18.2. The molecular formula is C20H17ClN4S2. The molecule has 0 saturated heterocycles. The molecule has 0 atom stereocenters. The summed E-state index contributed by atoms with van der Waals surface area (Å²) in [5.74, 6) is 1.61. The number of aromatic nitrogens is 4. The Bertz CT molecular complexity index is 1070. The normalized spacial score (nSPS) is 11.1. The zero-order valence-corrected chi connectivity index (χ0v) is 17.3. The Morgan fingerprint density at radius 2 is 1.85 bits per heavy atom. The summed E-state index contributed by atoms with van der Waals surface area (Å²) in [7, 11) is 1.99. The second-order valence-electron chi connectivity index (χ2n) is 6.14. The summed E-state index contributed by atoms with van der Waals surface area (Å²) >= 11 is 9.51. The van der Waals surface area contributed by atoms with Crippen LogP contribution in [0.5, 0.6) is 0 Å². The highest BCUT2D eigenvalue weighted by Crippen LogP contribution is 2.32. The molecule has 0 aliphatic heterocycles. The van der Waals surface area contributed by atoms with Gasteiger partial charge in [-0.25, -0.2) is 4.98 Å². The Morgan fingerprint density at radius 1 is 1.07 bits per heavy atom. The smallest absolute Gasteiger partial charge is 0.191 e. The number of benzene rings is 2. The molecule has 2 aromatic carbocycles. The standard InChI is InChI=1S/C20H17ClN4S2/c1-13-7-9-14(10-8-13)18-23-24-20(25(18)2)27-12-15-11-26-19(22-15)16-5-3-4-6-17(16)21/h3-11H,12H2,1-2H3. The Hall–Kier alpha value is -2.15. The lowest BCUT2D eigenvalue weighted by molar-refractivity contribution is 0.793. The molecule has 2 aromatic heterocycles. The summed E-state index contributed by atoms with van der Waals surface area (Å²) in [4.78, 5) is 4.72. The lowest BCUT2D eigenvalue weighted by Crippen LogP contribution is -1.95. The predicted octanol–water partition coefficient (Wildman–Crippen LogP) is 5.86. The minimum Gasteiger partial charge on any atom is -0.305 e. The van der Waals surface area contributed by atoms with Crippen LogP contribution in [0.25, 0.3) is 22.0 Å². The van der Waals surface area contributed by atoms with E-state index in [9.17, 15) is 0 Å². The minimum absolute atomic E-state index is 0.724. The van der Waals surface area contributed by atoms with Crippen molar-refractivity contribution in [3.8, 4) is 22.0 Å². The van der Waals surface area contributed by atoms with Gasteiger partial charge in [0.15, 0.2) is 11.0 Å². The molecule has 0 radical (unpaired) electrons. The summed E-state index contributed by atoms with van der Waals surface area (Å²) < 4.78 is 2.02. The first-order chi connectivity index (χ1) is 13.1. The van der Waals surface area contributed by atoms with Gasteiger partial charge in [-0.3, -0.25) is 0 Å². The van der Waals surface area contributed by atoms with Crippen molar-refractivity contribution in [2.45, 2.75) is 17.8 Å². The van der Waals surface area contributed by atoms with Crippen LogP contribution in [-0.4, -0.2) is 19.7 Å². The third-order valence-electron chi connectivity index (χ3n) is 4.15. The number of halogens is 1. The second-order valence-corrected chi connectivity index (χ2v) is 8.35. The molecule has 0 fully saturated rings. The van der Waals surface area contributed by atoms with E-state index in [0.29, 0.717) is 0 Å². The van der Waals surface area contributed by atoms with Gasteiger partial charge >= 0.3 is 0 Å². The lowest BCUT2D eigenvalue weighted by atomic mass is 10.1. The maximum absolute atomic E-state index is 6.27. The van der Waals surface area contributed by atoms with Gasteiger partial charge < -0.3 is 4.57 Å². The van der Waals surface area contributed by atoms with Gasteiger partial charge in [-0.2, -0.15) is 0 Å². The number of aryl methyl sites for hydroxylation is 1. The van der Waals surface area contributed by atoms with Crippen LogP contribution >= 0.6 is 34.7 Å². The lowest BCUT2D eigenvalue weighted by Gasteiger charge is -2.03. The van der Waals surface area contributed by atoms with Crippen LogP contribution in [-0.2, 0) is 12.8 Å². The van der Waals surface area contributed by atoms with E-state index in [0.717, 1.165) is 43.6 Å². The molecule has 0 aliphatic rings.